The number of benzene rings is 1. The summed E-state index contributed by atoms with van der Waals surface area (Å²) in [5, 5.41) is 6.86. The van der Waals surface area contributed by atoms with Gasteiger partial charge in [-0.2, -0.15) is 11.8 Å². The molecular formula is C18H28N4OS. The highest BCUT2D eigenvalue weighted by molar-refractivity contribution is 7.99. The third kappa shape index (κ3) is 5.74. The molecule has 0 spiro atoms. The summed E-state index contributed by atoms with van der Waals surface area (Å²) in [4.78, 5) is 17.9. The van der Waals surface area contributed by atoms with Crippen LogP contribution in [0.3, 0.4) is 0 Å². The number of carbonyl (C=O) groups is 1. The molecule has 132 valence electrons. The summed E-state index contributed by atoms with van der Waals surface area (Å²) in [6.07, 6.45) is 3.34. The maximum absolute atomic E-state index is 12.0. The number of carbonyl (C=O) groups excluding carboxylic acids is 1. The van der Waals surface area contributed by atoms with Crippen LogP contribution in [0.25, 0.3) is 0 Å². The van der Waals surface area contributed by atoms with E-state index >= 15 is 0 Å². The molecule has 2 N–H and O–H groups in total. The molecule has 1 atom stereocenters. The van der Waals surface area contributed by atoms with Crippen LogP contribution < -0.4 is 10.6 Å². The van der Waals surface area contributed by atoms with Crippen LogP contribution in [-0.4, -0.2) is 62.0 Å². The van der Waals surface area contributed by atoms with E-state index in [0.29, 0.717) is 6.04 Å². The fourth-order valence-corrected chi connectivity index (χ4v) is 3.76. The quantitative estimate of drug-likeness (QED) is 0.631. The third-order valence-corrected chi connectivity index (χ3v) is 5.23. The first kappa shape index (κ1) is 18.6. The van der Waals surface area contributed by atoms with Gasteiger partial charge in [-0.05, 0) is 42.7 Å². The van der Waals surface area contributed by atoms with Gasteiger partial charge in [0.15, 0.2) is 5.96 Å². The first-order valence-corrected chi connectivity index (χ1v) is 9.61. The molecule has 0 bridgehead atoms. The monoisotopic (exact) mass is 348 g/mol. The van der Waals surface area contributed by atoms with E-state index in [9.17, 15) is 4.79 Å². The van der Waals surface area contributed by atoms with Crippen LogP contribution in [0.1, 0.15) is 28.8 Å². The summed E-state index contributed by atoms with van der Waals surface area (Å²) in [6.45, 7) is 0.791. The van der Waals surface area contributed by atoms with Crippen LogP contribution in [0.4, 0.5) is 0 Å². The molecule has 2 rings (SSSR count). The second-order valence-corrected chi connectivity index (χ2v) is 7.36. The summed E-state index contributed by atoms with van der Waals surface area (Å²) in [5.74, 6) is 3.32. The van der Waals surface area contributed by atoms with Crippen LogP contribution in [0, 0.1) is 0 Å². The molecule has 1 aliphatic heterocycles. The number of rotatable bonds is 5. The van der Waals surface area contributed by atoms with Crippen LogP contribution in [0.15, 0.2) is 29.3 Å². The fourth-order valence-electron chi connectivity index (χ4n) is 2.69. The lowest BCUT2D eigenvalue weighted by Crippen LogP contribution is -2.46. The molecule has 1 aliphatic rings. The van der Waals surface area contributed by atoms with E-state index in [1.165, 1.54) is 18.6 Å². The molecule has 24 heavy (non-hydrogen) atoms. The van der Waals surface area contributed by atoms with E-state index < -0.39 is 0 Å². The van der Waals surface area contributed by atoms with Gasteiger partial charge in [-0.25, -0.2) is 0 Å². The van der Waals surface area contributed by atoms with Gasteiger partial charge in [-0.15, -0.1) is 0 Å². The number of guanidine groups is 1. The first-order valence-electron chi connectivity index (χ1n) is 8.45. The summed E-state index contributed by atoms with van der Waals surface area (Å²) in [6, 6.07) is 8.34. The number of aliphatic imine (C=N–C) groups is 1. The van der Waals surface area contributed by atoms with Gasteiger partial charge < -0.3 is 15.5 Å². The molecule has 1 fully saturated rings. The van der Waals surface area contributed by atoms with E-state index in [-0.39, 0.29) is 5.91 Å². The van der Waals surface area contributed by atoms with Crippen molar-refractivity contribution < 1.29 is 4.79 Å². The van der Waals surface area contributed by atoms with Crippen LogP contribution >= 0.6 is 11.8 Å². The van der Waals surface area contributed by atoms with Crippen molar-refractivity contribution >= 4 is 23.6 Å². The van der Waals surface area contributed by atoms with Crippen LogP contribution in [-0.2, 0) is 6.42 Å². The van der Waals surface area contributed by atoms with Crippen molar-refractivity contribution in [3.63, 3.8) is 0 Å². The number of hydrogen-bond acceptors (Lipinski definition) is 3. The molecular weight excluding hydrogens is 320 g/mol. The smallest absolute Gasteiger partial charge is 0.253 e. The SMILES string of the molecule is CN=C(NCCc1cccc(C(=O)N(C)C)c1)NC1CCCSC1. The zero-order valence-electron chi connectivity index (χ0n) is 14.8. The Bertz CT molecular complexity index is 568. The summed E-state index contributed by atoms with van der Waals surface area (Å²) in [7, 11) is 5.35. The van der Waals surface area contributed by atoms with E-state index in [0.717, 1.165) is 35.8 Å². The number of thioether (sulfide) groups is 1. The Labute approximate surface area is 149 Å². The molecule has 6 heteroatoms. The average molecular weight is 349 g/mol. The van der Waals surface area contributed by atoms with Crippen molar-refractivity contribution in [2.45, 2.75) is 25.3 Å². The number of amides is 1. The molecule has 1 aromatic carbocycles. The fraction of sp³-hybridized carbons (Fsp3) is 0.556. The summed E-state index contributed by atoms with van der Waals surface area (Å²) in [5.41, 5.74) is 1.89. The van der Waals surface area contributed by atoms with Gasteiger partial charge in [0.2, 0.25) is 0 Å². The van der Waals surface area contributed by atoms with Crippen molar-refractivity contribution in [3.05, 3.63) is 35.4 Å². The Morgan fingerprint density at radius 2 is 2.25 bits per heavy atom. The second kappa shape index (κ2) is 9.57. The lowest BCUT2D eigenvalue weighted by Gasteiger charge is -2.24. The zero-order chi connectivity index (χ0) is 17.4. The zero-order valence-corrected chi connectivity index (χ0v) is 15.7. The average Bonchev–Trinajstić information content (AvgIpc) is 2.61. The van der Waals surface area contributed by atoms with Gasteiger partial charge in [0.05, 0.1) is 0 Å². The molecule has 1 aromatic rings. The minimum Gasteiger partial charge on any atom is -0.356 e. The van der Waals surface area contributed by atoms with Gasteiger partial charge in [0.25, 0.3) is 5.91 Å². The third-order valence-electron chi connectivity index (χ3n) is 4.01. The highest BCUT2D eigenvalue weighted by Crippen LogP contribution is 2.16. The largest absolute Gasteiger partial charge is 0.356 e. The molecule has 0 saturated carbocycles. The minimum absolute atomic E-state index is 0.0390. The first-order chi connectivity index (χ1) is 11.6. The molecule has 0 aliphatic carbocycles. The lowest BCUT2D eigenvalue weighted by molar-refractivity contribution is 0.0827. The predicted molar refractivity (Wildman–Crippen MR) is 103 cm³/mol. The topological polar surface area (TPSA) is 56.7 Å². The lowest BCUT2D eigenvalue weighted by atomic mass is 10.1. The van der Waals surface area contributed by atoms with Crippen molar-refractivity contribution in [2.24, 2.45) is 4.99 Å². The van der Waals surface area contributed by atoms with Crippen molar-refractivity contribution in [2.75, 3.05) is 39.2 Å². The molecule has 0 radical (unpaired) electrons. The second-order valence-electron chi connectivity index (χ2n) is 6.21. The van der Waals surface area contributed by atoms with Crippen molar-refractivity contribution in [1.29, 1.82) is 0 Å². The number of nitrogens with zero attached hydrogens (tertiary/aromatic N) is 2. The maximum atomic E-state index is 12.0. The molecule has 1 heterocycles. The molecule has 1 amide bonds. The van der Waals surface area contributed by atoms with Gasteiger partial charge in [0, 0.05) is 45.0 Å². The Kier molecular flexibility index (Phi) is 7.43. The normalized spacial score (nSPS) is 18.1. The standard InChI is InChI=1S/C18H28N4OS/c1-19-18(21-16-8-5-11-24-13-16)20-10-9-14-6-4-7-15(12-14)17(23)22(2)3/h4,6-7,12,16H,5,8-11,13H2,1-3H3,(H2,19,20,21). The Hall–Kier alpha value is -1.69. The van der Waals surface area contributed by atoms with E-state index in [1.54, 1.807) is 19.0 Å². The Balaban J connectivity index is 1.82. The number of nitrogens with one attached hydrogen (secondary N) is 2. The van der Waals surface area contributed by atoms with Crippen molar-refractivity contribution in [3.8, 4) is 0 Å². The summed E-state index contributed by atoms with van der Waals surface area (Å²) < 4.78 is 0. The minimum atomic E-state index is 0.0390. The van der Waals surface area contributed by atoms with E-state index in [1.807, 2.05) is 37.0 Å². The molecule has 1 unspecified atom stereocenters. The molecule has 5 nitrogen and oxygen atoms in total. The van der Waals surface area contributed by atoms with Crippen LogP contribution in [0.2, 0.25) is 0 Å². The predicted octanol–water partition coefficient (Wildman–Crippen LogP) is 1.99. The highest BCUT2D eigenvalue weighted by Gasteiger charge is 2.14. The number of hydrogen-bond donors (Lipinski definition) is 2. The Morgan fingerprint density at radius 3 is 2.92 bits per heavy atom. The Morgan fingerprint density at radius 1 is 1.42 bits per heavy atom. The van der Waals surface area contributed by atoms with Gasteiger partial charge in [-0.1, -0.05) is 12.1 Å². The van der Waals surface area contributed by atoms with Gasteiger partial charge in [-0.3, -0.25) is 9.79 Å². The maximum Gasteiger partial charge on any atom is 0.253 e. The van der Waals surface area contributed by atoms with Crippen molar-refractivity contribution in [1.82, 2.24) is 15.5 Å². The van der Waals surface area contributed by atoms with Gasteiger partial charge >= 0.3 is 0 Å². The van der Waals surface area contributed by atoms with E-state index in [2.05, 4.69) is 21.7 Å². The van der Waals surface area contributed by atoms with Gasteiger partial charge in [0.1, 0.15) is 0 Å². The highest BCUT2D eigenvalue weighted by atomic mass is 32.2. The van der Waals surface area contributed by atoms with E-state index in [4.69, 9.17) is 0 Å². The molecule has 0 aromatic heterocycles. The summed E-state index contributed by atoms with van der Waals surface area (Å²) >= 11 is 2.00. The molecule has 1 saturated heterocycles. The van der Waals surface area contributed by atoms with Crippen LogP contribution in [0.5, 0.6) is 0 Å².